The van der Waals surface area contributed by atoms with Gasteiger partial charge in [-0.05, 0) is 12.5 Å². The molecule has 0 spiro atoms. The van der Waals surface area contributed by atoms with E-state index in [1.165, 1.54) is 6.33 Å². The summed E-state index contributed by atoms with van der Waals surface area (Å²) < 4.78 is 10.4. The standard InChI is InChI=1S/C22H23N5O3/c1-14-8-18(25-30-14)22(28)27-11-16-10-26(19-9-20(29-2)24-13-23-19)12-17(16)21(27)15-6-4-3-5-7-15/h3-9,13,16-17,21H,10-12H2,1-2H3/t16-,17-,21-/m0/s1. The predicted octanol–water partition coefficient (Wildman–Crippen LogP) is 2.73. The number of benzene rings is 1. The van der Waals surface area contributed by atoms with E-state index in [2.05, 4.69) is 32.2 Å². The second kappa shape index (κ2) is 7.44. The number of rotatable bonds is 4. The van der Waals surface area contributed by atoms with Crippen molar-refractivity contribution in [3.63, 3.8) is 0 Å². The van der Waals surface area contributed by atoms with E-state index in [9.17, 15) is 4.79 Å². The molecular formula is C22H23N5O3. The smallest absolute Gasteiger partial charge is 0.276 e. The monoisotopic (exact) mass is 405 g/mol. The second-order valence-electron chi connectivity index (χ2n) is 7.88. The molecule has 2 aliphatic rings. The van der Waals surface area contributed by atoms with Crippen LogP contribution in [0.4, 0.5) is 5.82 Å². The Labute approximate surface area is 174 Å². The molecule has 0 N–H and O–H groups in total. The number of ether oxygens (including phenoxy) is 1. The van der Waals surface area contributed by atoms with Crippen LogP contribution in [0, 0.1) is 18.8 Å². The third kappa shape index (κ3) is 3.18. The fourth-order valence-corrected chi connectivity index (χ4v) is 4.75. The summed E-state index contributed by atoms with van der Waals surface area (Å²) in [4.78, 5) is 26.0. The van der Waals surface area contributed by atoms with Crippen LogP contribution in [0.2, 0.25) is 0 Å². The van der Waals surface area contributed by atoms with Gasteiger partial charge in [0.25, 0.3) is 5.91 Å². The van der Waals surface area contributed by atoms with Gasteiger partial charge in [0.05, 0.1) is 13.2 Å². The van der Waals surface area contributed by atoms with Gasteiger partial charge < -0.3 is 19.1 Å². The van der Waals surface area contributed by atoms with Crippen molar-refractivity contribution in [3.05, 3.63) is 65.8 Å². The highest BCUT2D eigenvalue weighted by atomic mass is 16.5. The zero-order valence-electron chi connectivity index (χ0n) is 16.9. The molecule has 8 heteroatoms. The number of aromatic nitrogens is 3. The number of hydrogen-bond donors (Lipinski definition) is 0. The first-order chi connectivity index (χ1) is 14.6. The largest absolute Gasteiger partial charge is 0.481 e. The lowest BCUT2D eigenvalue weighted by Gasteiger charge is -2.29. The molecule has 4 heterocycles. The molecule has 2 fully saturated rings. The van der Waals surface area contributed by atoms with Gasteiger partial charge >= 0.3 is 0 Å². The van der Waals surface area contributed by atoms with E-state index in [1.807, 2.05) is 29.2 Å². The summed E-state index contributed by atoms with van der Waals surface area (Å²) in [7, 11) is 1.60. The van der Waals surface area contributed by atoms with Gasteiger partial charge in [-0.3, -0.25) is 4.79 Å². The van der Waals surface area contributed by atoms with E-state index < -0.39 is 0 Å². The van der Waals surface area contributed by atoms with Crippen molar-refractivity contribution >= 4 is 11.7 Å². The van der Waals surface area contributed by atoms with Gasteiger partial charge in [-0.25, -0.2) is 9.97 Å². The molecule has 0 unspecified atom stereocenters. The Balaban J connectivity index is 1.45. The number of likely N-dealkylation sites (tertiary alicyclic amines) is 1. The molecule has 2 aromatic heterocycles. The van der Waals surface area contributed by atoms with Crippen molar-refractivity contribution in [1.29, 1.82) is 0 Å². The van der Waals surface area contributed by atoms with Crippen LogP contribution in [0.25, 0.3) is 0 Å². The van der Waals surface area contributed by atoms with Crippen molar-refractivity contribution in [3.8, 4) is 5.88 Å². The third-order valence-corrected chi connectivity index (χ3v) is 6.07. The molecule has 5 rings (SSSR count). The normalized spacial score (nSPS) is 22.9. The molecule has 0 saturated carbocycles. The average molecular weight is 405 g/mol. The Morgan fingerprint density at radius 2 is 1.97 bits per heavy atom. The van der Waals surface area contributed by atoms with E-state index >= 15 is 0 Å². The SMILES string of the molecule is COc1cc(N2C[C@H]3CN(C(=O)c4cc(C)on4)[C@@H](c4ccccc4)[C@H]3C2)ncn1. The number of methoxy groups -OCH3 is 1. The molecule has 0 aliphatic carbocycles. The Bertz CT molecular complexity index is 1050. The van der Waals surface area contributed by atoms with Crippen LogP contribution in [0.1, 0.15) is 27.9 Å². The van der Waals surface area contributed by atoms with E-state index in [4.69, 9.17) is 9.26 Å². The number of fused-ring (bicyclic) bond motifs is 1. The van der Waals surface area contributed by atoms with Crippen molar-refractivity contribution in [2.75, 3.05) is 31.6 Å². The van der Waals surface area contributed by atoms with Crippen LogP contribution >= 0.6 is 0 Å². The fraction of sp³-hybridized carbons (Fsp3) is 0.364. The minimum atomic E-state index is -0.0784. The lowest BCUT2D eigenvalue weighted by molar-refractivity contribution is 0.0705. The topological polar surface area (TPSA) is 84.6 Å². The van der Waals surface area contributed by atoms with Crippen molar-refractivity contribution in [1.82, 2.24) is 20.0 Å². The summed E-state index contributed by atoms with van der Waals surface area (Å²) in [6.45, 7) is 4.11. The van der Waals surface area contributed by atoms with Gasteiger partial charge in [-0.15, -0.1) is 0 Å². The second-order valence-corrected chi connectivity index (χ2v) is 7.88. The maximum Gasteiger partial charge on any atom is 0.276 e. The van der Waals surface area contributed by atoms with Crippen LogP contribution < -0.4 is 9.64 Å². The van der Waals surface area contributed by atoms with Crippen molar-refractivity contribution in [2.24, 2.45) is 11.8 Å². The molecule has 1 amide bonds. The summed E-state index contributed by atoms with van der Waals surface area (Å²) >= 11 is 0. The fourth-order valence-electron chi connectivity index (χ4n) is 4.75. The first kappa shape index (κ1) is 18.6. The highest BCUT2D eigenvalue weighted by molar-refractivity contribution is 5.93. The molecule has 3 aromatic rings. The number of nitrogens with zero attached hydrogens (tertiary/aromatic N) is 5. The molecule has 154 valence electrons. The number of hydrogen-bond acceptors (Lipinski definition) is 7. The zero-order chi connectivity index (χ0) is 20.7. The maximum atomic E-state index is 13.3. The van der Waals surface area contributed by atoms with Crippen LogP contribution in [0.5, 0.6) is 5.88 Å². The molecule has 3 atom stereocenters. The van der Waals surface area contributed by atoms with Crippen LogP contribution in [0.15, 0.2) is 53.3 Å². The highest BCUT2D eigenvalue weighted by Crippen LogP contribution is 2.46. The van der Waals surface area contributed by atoms with Gasteiger partial charge in [0.15, 0.2) is 5.69 Å². The maximum absolute atomic E-state index is 13.3. The number of carbonyl (C=O) groups is 1. The summed E-state index contributed by atoms with van der Waals surface area (Å²) in [5.41, 5.74) is 1.51. The number of carbonyl (C=O) groups excluding carboxylic acids is 1. The molecule has 2 aliphatic heterocycles. The minimum Gasteiger partial charge on any atom is -0.481 e. The first-order valence-electron chi connectivity index (χ1n) is 10.0. The van der Waals surface area contributed by atoms with Gasteiger partial charge in [-0.2, -0.15) is 0 Å². The van der Waals surface area contributed by atoms with E-state index in [0.29, 0.717) is 35.7 Å². The molecule has 0 radical (unpaired) electrons. The molecule has 2 saturated heterocycles. The summed E-state index contributed by atoms with van der Waals surface area (Å²) in [6, 6.07) is 13.8. The lowest BCUT2D eigenvalue weighted by Crippen LogP contribution is -2.36. The zero-order valence-corrected chi connectivity index (χ0v) is 16.9. The molecule has 1 aromatic carbocycles. The van der Waals surface area contributed by atoms with Gasteiger partial charge in [0, 0.05) is 43.6 Å². The van der Waals surface area contributed by atoms with Crippen LogP contribution in [-0.4, -0.2) is 52.7 Å². The minimum absolute atomic E-state index is 0.0190. The van der Waals surface area contributed by atoms with Gasteiger partial charge in [0.1, 0.15) is 17.9 Å². The Kier molecular flexibility index (Phi) is 4.61. The van der Waals surface area contributed by atoms with E-state index in [0.717, 1.165) is 24.5 Å². The molecular weight excluding hydrogens is 382 g/mol. The number of aryl methyl sites for hydroxylation is 1. The Hall–Kier alpha value is -3.42. The Morgan fingerprint density at radius 1 is 1.13 bits per heavy atom. The van der Waals surface area contributed by atoms with E-state index in [-0.39, 0.29) is 11.9 Å². The molecule has 0 bridgehead atoms. The molecule has 8 nitrogen and oxygen atoms in total. The highest BCUT2D eigenvalue weighted by Gasteiger charge is 2.49. The van der Waals surface area contributed by atoms with Crippen LogP contribution in [-0.2, 0) is 0 Å². The molecule has 30 heavy (non-hydrogen) atoms. The summed E-state index contributed by atoms with van der Waals surface area (Å²) in [6.07, 6.45) is 1.53. The predicted molar refractivity (Wildman–Crippen MR) is 109 cm³/mol. The number of amides is 1. The lowest BCUT2D eigenvalue weighted by atomic mass is 9.89. The summed E-state index contributed by atoms with van der Waals surface area (Å²) in [5.74, 6) is 2.60. The average Bonchev–Trinajstić information content (AvgIpc) is 3.48. The summed E-state index contributed by atoms with van der Waals surface area (Å²) in [5, 5.41) is 3.96. The first-order valence-corrected chi connectivity index (χ1v) is 10.0. The van der Waals surface area contributed by atoms with Crippen LogP contribution in [0.3, 0.4) is 0 Å². The van der Waals surface area contributed by atoms with Gasteiger partial charge in [-0.1, -0.05) is 35.5 Å². The quantitative estimate of drug-likeness (QED) is 0.660. The van der Waals surface area contributed by atoms with Gasteiger partial charge in [0.2, 0.25) is 5.88 Å². The third-order valence-electron chi connectivity index (χ3n) is 6.07. The van der Waals surface area contributed by atoms with Crippen molar-refractivity contribution < 1.29 is 14.1 Å². The number of anilines is 1. The van der Waals surface area contributed by atoms with Crippen molar-refractivity contribution in [2.45, 2.75) is 13.0 Å². The van der Waals surface area contributed by atoms with E-state index in [1.54, 1.807) is 20.1 Å². The Morgan fingerprint density at radius 3 is 2.70 bits per heavy atom.